The Morgan fingerprint density at radius 3 is 2.24 bits per heavy atom. The zero-order valence-corrected chi connectivity index (χ0v) is 21.0. The van der Waals surface area contributed by atoms with Crippen molar-refractivity contribution in [3.05, 3.63) is 101 Å². The number of benzene rings is 2. The highest BCUT2D eigenvalue weighted by atomic mass is 16.5. The number of imidazole rings is 1. The molecule has 1 N–H and O–H groups in total. The number of aromatic nitrogens is 5. The third-order valence-electron chi connectivity index (χ3n) is 6.23. The first-order chi connectivity index (χ1) is 18.1. The number of carbonyl (C=O) groups excluding carboxylic acids is 1. The van der Waals surface area contributed by atoms with Gasteiger partial charge >= 0.3 is 0 Å². The molecule has 37 heavy (non-hydrogen) atoms. The van der Waals surface area contributed by atoms with Crippen LogP contribution in [0.4, 0.5) is 0 Å². The molecule has 188 valence electrons. The van der Waals surface area contributed by atoms with Gasteiger partial charge in [0.25, 0.3) is 5.91 Å². The molecular weight excluding hydrogens is 468 g/mol. The standard InChI is InChI=1S/C28H28N6O3/c1-4-23-30-22(33-37-23)17-29-27(35)20-16-21-25(32-28(20)36-3)31-26(34(21)5-2)24(18-12-8-6-9-13-18)19-14-10-7-11-15-19/h6-16,24H,4-5,17H2,1-3H3,(H,29,35). The topological polar surface area (TPSA) is 108 Å². The van der Waals surface area contributed by atoms with Crippen molar-refractivity contribution in [1.29, 1.82) is 0 Å². The maximum atomic E-state index is 13.2. The minimum Gasteiger partial charge on any atom is -0.480 e. The second-order valence-corrected chi connectivity index (χ2v) is 8.50. The van der Waals surface area contributed by atoms with Crippen LogP contribution in [0.1, 0.15) is 58.8 Å². The van der Waals surface area contributed by atoms with Gasteiger partial charge in [0.05, 0.1) is 25.1 Å². The molecule has 0 spiro atoms. The summed E-state index contributed by atoms with van der Waals surface area (Å²) < 4.78 is 12.7. The van der Waals surface area contributed by atoms with Crippen molar-refractivity contribution in [3.8, 4) is 5.88 Å². The van der Waals surface area contributed by atoms with E-state index in [0.29, 0.717) is 35.9 Å². The second kappa shape index (κ2) is 10.6. The van der Waals surface area contributed by atoms with Gasteiger partial charge in [0.15, 0.2) is 11.5 Å². The lowest BCUT2D eigenvalue weighted by molar-refractivity contribution is 0.0946. The molecule has 0 saturated heterocycles. The smallest absolute Gasteiger partial charge is 0.257 e. The summed E-state index contributed by atoms with van der Waals surface area (Å²) in [6, 6.07) is 22.3. The highest BCUT2D eigenvalue weighted by Crippen LogP contribution is 2.34. The van der Waals surface area contributed by atoms with Crippen LogP contribution in [-0.4, -0.2) is 37.7 Å². The predicted octanol–water partition coefficient (Wildman–Crippen LogP) is 4.52. The molecule has 3 aromatic heterocycles. The summed E-state index contributed by atoms with van der Waals surface area (Å²) in [5.41, 5.74) is 3.83. The fraction of sp³-hybridized carbons (Fsp3) is 0.250. The Bertz CT molecular complexity index is 1470. The number of methoxy groups -OCH3 is 1. The lowest BCUT2D eigenvalue weighted by Crippen LogP contribution is -2.24. The van der Waals surface area contributed by atoms with E-state index in [0.717, 1.165) is 22.5 Å². The first kappa shape index (κ1) is 24.2. The van der Waals surface area contributed by atoms with Crippen LogP contribution in [0.25, 0.3) is 11.2 Å². The number of ether oxygens (including phenoxy) is 1. The number of aryl methyl sites for hydroxylation is 2. The molecule has 5 aromatic rings. The van der Waals surface area contributed by atoms with Crippen molar-refractivity contribution < 1.29 is 14.1 Å². The zero-order chi connectivity index (χ0) is 25.8. The molecule has 2 aromatic carbocycles. The number of nitrogens with zero attached hydrogens (tertiary/aromatic N) is 5. The number of fused-ring (bicyclic) bond motifs is 1. The van der Waals surface area contributed by atoms with Gasteiger partial charge in [0.1, 0.15) is 11.4 Å². The van der Waals surface area contributed by atoms with Gasteiger partial charge in [0, 0.05) is 13.0 Å². The van der Waals surface area contributed by atoms with Crippen molar-refractivity contribution in [2.75, 3.05) is 7.11 Å². The highest BCUT2D eigenvalue weighted by molar-refractivity contribution is 5.99. The molecule has 1 amide bonds. The highest BCUT2D eigenvalue weighted by Gasteiger charge is 2.26. The first-order valence-electron chi connectivity index (χ1n) is 12.3. The van der Waals surface area contributed by atoms with Gasteiger partial charge < -0.3 is 19.1 Å². The Morgan fingerprint density at radius 1 is 1.00 bits per heavy atom. The van der Waals surface area contributed by atoms with E-state index in [1.54, 1.807) is 6.07 Å². The number of hydrogen-bond acceptors (Lipinski definition) is 7. The third-order valence-corrected chi connectivity index (χ3v) is 6.23. The largest absolute Gasteiger partial charge is 0.480 e. The van der Waals surface area contributed by atoms with Crippen LogP contribution < -0.4 is 10.1 Å². The molecule has 9 heteroatoms. The number of rotatable bonds is 9. The molecule has 0 atom stereocenters. The van der Waals surface area contributed by atoms with Crippen LogP contribution in [0, 0.1) is 0 Å². The van der Waals surface area contributed by atoms with Crippen LogP contribution in [-0.2, 0) is 19.5 Å². The van der Waals surface area contributed by atoms with Crippen molar-refractivity contribution >= 4 is 17.1 Å². The number of carbonyl (C=O) groups is 1. The molecular formula is C28H28N6O3. The molecule has 0 aliphatic carbocycles. The Labute approximate surface area is 214 Å². The van der Waals surface area contributed by atoms with E-state index in [4.69, 9.17) is 14.2 Å². The van der Waals surface area contributed by atoms with E-state index in [9.17, 15) is 4.79 Å². The van der Waals surface area contributed by atoms with Crippen molar-refractivity contribution in [2.24, 2.45) is 0 Å². The number of hydrogen-bond donors (Lipinski definition) is 1. The quantitative estimate of drug-likeness (QED) is 0.320. The van der Waals surface area contributed by atoms with Crippen molar-refractivity contribution in [3.63, 3.8) is 0 Å². The molecule has 0 unspecified atom stereocenters. The Hall–Kier alpha value is -4.53. The summed E-state index contributed by atoms with van der Waals surface area (Å²) in [6.07, 6.45) is 0.631. The van der Waals surface area contributed by atoms with E-state index >= 15 is 0 Å². The molecule has 0 saturated carbocycles. The summed E-state index contributed by atoms with van der Waals surface area (Å²) in [5, 5.41) is 6.73. The van der Waals surface area contributed by atoms with Gasteiger partial charge in [-0.3, -0.25) is 4.79 Å². The fourth-order valence-electron chi connectivity index (χ4n) is 4.46. The van der Waals surface area contributed by atoms with Gasteiger partial charge in [-0.2, -0.15) is 9.97 Å². The summed E-state index contributed by atoms with van der Waals surface area (Å²) in [4.78, 5) is 27.0. The Balaban J connectivity index is 1.57. The van der Waals surface area contributed by atoms with Crippen molar-refractivity contribution in [1.82, 2.24) is 30.0 Å². The first-order valence-corrected chi connectivity index (χ1v) is 12.3. The molecule has 0 aliphatic rings. The zero-order valence-electron chi connectivity index (χ0n) is 21.0. The average Bonchev–Trinajstić information content (AvgIpc) is 3.56. The average molecular weight is 497 g/mol. The van der Waals surface area contributed by atoms with Gasteiger partial charge in [-0.05, 0) is 24.1 Å². The third kappa shape index (κ3) is 4.80. The van der Waals surface area contributed by atoms with E-state index in [2.05, 4.69) is 56.2 Å². The number of pyridine rings is 1. The minimum absolute atomic E-state index is 0.106. The Morgan fingerprint density at radius 2 is 1.68 bits per heavy atom. The molecule has 0 aliphatic heterocycles. The summed E-state index contributed by atoms with van der Waals surface area (Å²) in [7, 11) is 1.49. The van der Waals surface area contributed by atoms with Crippen molar-refractivity contribution in [2.45, 2.75) is 39.3 Å². The molecule has 0 radical (unpaired) electrons. The number of nitrogens with one attached hydrogen (secondary N) is 1. The van der Waals surface area contributed by atoms with Crippen LogP contribution in [0.5, 0.6) is 5.88 Å². The monoisotopic (exact) mass is 496 g/mol. The lowest BCUT2D eigenvalue weighted by atomic mass is 9.90. The molecule has 0 fully saturated rings. The van der Waals surface area contributed by atoms with E-state index in [-0.39, 0.29) is 24.2 Å². The van der Waals surface area contributed by atoms with Gasteiger partial charge in [-0.15, -0.1) is 0 Å². The molecule has 5 rings (SSSR count). The van der Waals surface area contributed by atoms with E-state index < -0.39 is 0 Å². The fourth-order valence-corrected chi connectivity index (χ4v) is 4.46. The van der Waals surface area contributed by atoms with Crippen LogP contribution in [0.2, 0.25) is 0 Å². The summed E-state index contributed by atoms with van der Waals surface area (Å²) >= 11 is 0. The van der Waals surface area contributed by atoms with Crippen LogP contribution in [0.3, 0.4) is 0 Å². The van der Waals surface area contributed by atoms with E-state index in [1.165, 1.54) is 7.11 Å². The number of amides is 1. The maximum Gasteiger partial charge on any atom is 0.257 e. The normalized spacial score (nSPS) is 11.2. The van der Waals surface area contributed by atoms with Gasteiger partial charge in [-0.25, -0.2) is 4.98 Å². The molecule has 3 heterocycles. The second-order valence-electron chi connectivity index (χ2n) is 8.50. The summed E-state index contributed by atoms with van der Waals surface area (Å²) in [6.45, 7) is 4.77. The predicted molar refractivity (Wildman–Crippen MR) is 138 cm³/mol. The van der Waals surface area contributed by atoms with Gasteiger partial charge in [0.2, 0.25) is 11.8 Å². The Kier molecular flexibility index (Phi) is 6.93. The summed E-state index contributed by atoms with van der Waals surface area (Å²) in [5.74, 6) is 1.54. The molecule has 0 bridgehead atoms. The molecule has 9 nitrogen and oxygen atoms in total. The van der Waals surface area contributed by atoms with Crippen LogP contribution >= 0.6 is 0 Å². The van der Waals surface area contributed by atoms with Crippen LogP contribution in [0.15, 0.2) is 71.3 Å². The minimum atomic E-state index is -0.345. The SMILES string of the molecule is CCc1nc(CNC(=O)c2cc3c(nc2OC)nc(C(c2ccccc2)c2ccccc2)n3CC)no1. The lowest BCUT2D eigenvalue weighted by Gasteiger charge is -2.19. The maximum absolute atomic E-state index is 13.2. The van der Waals surface area contributed by atoms with E-state index in [1.807, 2.05) is 43.3 Å². The van der Waals surface area contributed by atoms with Gasteiger partial charge in [-0.1, -0.05) is 72.7 Å².